The molecular formula is C27H25N3O2. The van der Waals surface area contributed by atoms with Gasteiger partial charge in [-0.05, 0) is 23.1 Å². The van der Waals surface area contributed by atoms with Crippen molar-refractivity contribution < 1.29 is 9.90 Å². The number of nitrogens with one attached hydrogen (secondary N) is 1. The number of hydrogen-bond acceptors (Lipinski definition) is 4. The van der Waals surface area contributed by atoms with Crippen molar-refractivity contribution in [2.24, 2.45) is 0 Å². The Hall–Kier alpha value is -3.83. The number of hydrogen-bond donors (Lipinski definition) is 2. The molecule has 0 aliphatic heterocycles. The van der Waals surface area contributed by atoms with Crippen molar-refractivity contribution in [3.05, 3.63) is 114 Å². The maximum absolute atomic E-state index is 12.6. The van der Waals surface area contributed by atoms with Crippen LogP contribution in [0.4, 0.5) is 5.82 Å². The maximum Gasteiger partial charge on any atom is 0.225 e. The van der Waals surface area contributed by atoms with Gasteiger partial charge in [-0.2, -0.15) is 0 Å². The average Bonchev–Trinajstić information content (AvgIpc) is 2.85. The summed E-state index contributed by atoms with van der Waals surface area (Å²) in [6, 6.07) is 27.5. The van der Waals surface area contributed by atoms with E-state index < -0.39 is 0 Å². The molecule has 5 nitrogen and oxygen atoms in total. The molecule has 5 heteroatoms. The van der Waals surface area contributed by atoms with Gasteiger partial charge in [0.05, 0.1) is 24.2 Å². The standard InChI is InChI=1S/C27H25N3O2/c31-19-22-11-14-23(15-12-22)25-18-28-27(24(29-25)17-21-9-5-2-6-10-21)30-26(32)16-13-20-7-3-1-4-8-20/h1-12,14-15,18,31H,13,16-17,19H2,(H,28,30,32). The van der Waals surface area contributed by atoms with Gasteiger partial charge in [-0.3, -0.25) is 4.79 Å². The van der Waals surface area contributed by atoms with Gasteiger partial charge in [0.25, 0.3) is 0 Å². The minimum Gasteiger partial charge on any atom is -0.392 e. The monoisotopic (exact) mass is 423 g/mol. The van der Waals surface area contributed by atoms with E-state index in [1.165, 1.54) is 0 Å². The van der Waals surface area contributed by atoms with Crippen LogP contribution in [-0.4, -0.2) is 21.0 Å². The molecule has 4 aromatic rings. The minimum atomic E-state index is -0.0856. The molecule has 3 aromatic carbocycles. The lowest BCUT2D eigenvalue weighted by Gasteiger charge is -2.12. The molecule has 0 aliphatic rings. The summed E-state index contributed by atoms with van der Waals surface area (Å²) >= 11 is 0. The number of carbonyl (C=O) groups is 1. The second-order valence-electron chi connectivity index (χ2n) is 7.60. The molecule has 0 atom stereocenters. The number of aromatic nitrogens is 2. The Morgan fingerprint density at radius 3 is 2.12 bits per heavy atom. The summed E-state index contributed by atoms with van der Waals surface area (Å²) in [5.41, 5.74) is 5.41. The quantitative estimate of drug-likeness (QED) is 0.427. The second kappa shape index (κ2) is 10.5. The van der Waals surface area contributed by atoms with Crippen molar-refractivity contribution in [3.63, 3.8) is 0 Å². The van der Waals surface area contributed by atoms with Gasteiger partial charge < -0.3 is 10.4 Å². The molecule has 1 heterocycles. The first-order chi connectivity index (χ1) is 15.7. The van der Waals surface area contributed by atoms with Gasteiger partial charge in [0.2, 0.25) is 5.91 Å². The number of carbonyl (C=O) groups excluding carboxylic acids is 1. The lowest BCUT2D eigenvalue weighted by molar-refractivity contribution is -0.116. The topological polar surface area (TPSA) is 75.1 Å². The zero-order valence-corrected chi connectivity index (χ0v) is 17.7. The first kappa shape index (κ1) is 21.4. The van der Waals surface area contributed by atoms with Crippen LogP contribution in [-0.2, 0) is 24.2 Å². The third-order valence-corrected chi connectivity index (χ3v) is 5.23. The van der Waals surface area contributed by atoms with E-state index in [2.05, 4.69) is 10.3 Å². The van der Waals surface area contributed by atoms with Gasteiger partial charge in [-0.15, -0.1) is 0 Å². The first-order valence-corrected chi connectivity index (χ1v) is 10.6. The molecule has 0 unspecified atom stereocenters. The SMILES string of the molecule is O=C(CCc1ccccc1)Nc1ncc(-c2ccc(CO)cc2)nc1Cc1ccccc1. The highest BCUT2D eigenvalue weighted by Gasteiger charge is 2.13. The zero-order valence-electron chi connectivity index (χ0n) is 17.7. The van der Waals surface area contributed by atoms with Gasteiger partial charge in [0.15, 0.2) is 5.82 Å². The molecule has 160 valence electrons. The van der Waals surface area contributed by atoms with Crippen molar-refractivity contribution in [1.29, 1.82) is 0 Å². The van der Waals surface area contributed by atoms with Crippen molar-refractivity contribution in [1.82, 2.24) is 9.97 Å². The normalized spacial score (nSPS) is 10.7. The smallest absolute Gasteiger partial charge is 0.225 e. The van der Waals surface area contributed by atoms with E-state index in [4.69, 9.17) is 4.98 Å². The Morgan fingerprint density at radius 1 is 0.812 bits per heavy atom. The maximum atomic E-state index is 12.6. The predicted molar refractivity (Wildman–Crippen MR) is 126 cm³/mol. The molecule has 0 aliphatic carbocycles. The second-order valence-corrected chi connectivity index (χ2v) is 7.60. The van der Waals surface area contributed by atoms with Crippen LogP contribution in [0.5, 0.6) is 0 Å². The summed E-state index contributed by atoms with van der Waals surface area (Å²) in [5.74, 6) is 0.403. The fourth-order valence-electron chi connectivity index (χ4n) is 3.46. The minimum absolute atomic E-state index is 0.000827. The Balaban J connectivity index is 1.56. The van der Waals surface area contributed by atoms with Crippen LogP contribution in [0.2, 0.25) is 0 Å². The average molecular weight is 424 g/mol. The zero-order chi connectivity index (χ0) is 22.2. The molecule has 0 saturated carbocycles. The van der Waals surface area contributed by atoms with Crippen molar-refractivity contribution in [2.45, 2.75) is 25.9 Å². The lowest BCUT2D eigenvalue weighted by Crippen LogP contribution is -2.16. The third-order valence-electron chi connectivity index (χ3n) is 5.23. The summed E-state index contributed by atoms with van der Waals surface area (Å²) in [6.45, 7) is -0.000827. The van der Waals surface area contributed by atoms with Crippen LogP contribution in [0, 0.1) is 0 Å². The number of anilines is 1. The van der Waals surface area contributed by atoms with E-state index in [-0.39, 0.29) is 12.5 Å². The van der Waals surface area contributed by atoms with Crippen LogP contribution in [0.3, 0.4) is 0 Å². The Kier molecular flexibility index (Phi) is 7.00. The van der Waals surface area contributed by atoms with Crippen LogP contribution in [0.25, 0.3) is 11.3 Å². The van der Waals surface area contributed by atoms with Gasteiger partial charge in [0, 0.05) is 18.4 Å². The molecule has 0 spiro atoms. The van der Waals surface area contributed by atoms with Gasteiger partial charge in [-0.25, -0.2) is 9.97 Å². The number of amides is 1. The van der Waals surface area contributed by atoms with E-state index in [0.29, 0.717) is 30.8 Å². The number of aliphatic hydroxyl groups is 1. The van der Waals surface area contributed by atoms with Crippen LogP contribution >= 0.6 is 0 Å². The molecule has 1 amide bonds. The summed E-state index contributed by atoms with van der Waals surface area (Å²) in [7, 11) is 0. The van der Waals surface area contributed by atoms with Crippen LogP contribution in [0.1, 0.15) is 28.8 Å². The Bertz CT molecular complexity index is 1160. The molecular weight excluding hydrogens is 398 g/mol. The lowest BCUT2D eigenvalue weighted by atomic mass is 10.1. The van der Waals surface area contributed by atoms with Crippen molar-refractivity contribution >= 4 is 11.7 Å². The van der Waals surface area contributed by atoms with E-state index >= 15 is 0 Å². The molecule has 2 N–H and O–H groups in total. The molecule has 4 rings (SSSR count). The molecule has 1 aromatic heterocycles. The molecule has 0 fully saturated rings. The van der Waals surface area contributed by atoms with E-state index in [1.54, 1.807) is 6.20 Å². The summed E-state index contributed by atoms with van der Waals surface area (Å²) < 4.78 is 0. The highest BCUT2D eigenvalue weighted by molar-refractivity contribution is 5.90. The number of aliphatic hydroxyl groups excluding tert-OH is 1. The van der Waals surface area contributed by atoms with E-state index in [1.807, 2.05) is 84.9 Å². The fourth-order valence-corrected chi connectivity index (χ4v) is 3.46. The van der Waals surface area contributed by atoms with Crippen LogP contribution < -0.4 is 5.32 Å². The number of rotatable bonds is 8. The number of nitrogens with zero attached hydrogens (tertiary/aromatic N) is 2. The molecule has 0 radical (unpaired) electrons. The molecule has 0 bridgehead atoms. The summed E-state index contributed by atoms with van der Waals surface area (Å²) in [5, 5.41) is 12.2. The van der Waals surface area contributed by atoms with Gasteiger partial charge in [-0.1, -0.05) is 84.9 Å². The highest BCUT2D eigenvalue weighted by Crippen LogP contribution is 2.22. The number of benzene rings is 3. The molecule has 32 heavy (non-hydrogen) atoms. The Morgan fingerprint density at radius 2 is 1.47 bits per heavy atom. The van der Waals surface area contributed by atoms with Crippen molar-refractivity contribution in [2.75, 3.05) is 5.32 Å². The van der Waals surface area contributed by atoms with Gasteiger partial charge >= 0.3 is 0 Å². The van der Waals surface area contributed by atoms with E-state index in [0.717, 1.165) is 27.9 Å². The highest BCUT2D eigenvalue weighted by atomic mass is 16.3. The summed E-state index contributed by atoms with van der Waals surface area (Å²) in [6.07, 6.45) is 3.28. The largest absolute Gasteiger partial charge is 0.392 e. The molecule has 0 saturated heterocycles. The van der Waals surface area contributed by atoms with Crippen LogP contribution in [0.15, 0.2) is 91.1 Å². The first-order valence-electron chi connectivity index (χ1n) is 10.6. The van der Waals surface area contributed by atoms with E-state index in [9.17, 15) is 9.90 Å². The summed E-state index contributed by atoms with van der Waals surface area (Å²) in [4.78, 5) is 22.0. The Labute approximate surface area is 187 Å². The number of aryl methyl sites for hydroxylation is 1. The third kappa shape index (κ3) is 5.65. The predicted octanol–water partition coefficient (Wildman–Crippen LogP) is 4.80. The van der Waals surface area contributed by atoms with Gasteiger partial charge in [0.1, 0.15) is 0 Å². The fraction of sp³-hybridized carbons (Fsp3) is 0.148. The van der Waals surface area contributed by atoms with Crippen molar-refractivity contribution in [3.8, 4) is 11.3 Å².